The van der Waals surface area contributed by atoms with Gasteiger partial charge in [-0.1, -0.05) is 0 Å². The number of nitrogens with two attached hydrogens (primary N) is 1. The number of carbonyl (C=O) groups excluding carboxylic acids is 1. The van der Waals surface area contributed by atoms with E-state index in [-0.39, 0.29) is 12.0 Å². The molecule has 3 rings (SSSR count). The quantitative estimate of drug-likeness (QED) is 0.932. The maximum Gasteiger partial charge on any atom is 0.142 e. The summed E-state index contributed by atoms with van der Waals surface area (Å²) in [5.41, 5.74) is 6.20. The van der Waals surface area contributed by atoms with Gasteiger partial charge in [0, 0.05) is 33.1 Å². The van der Waals surface area contributed by atoms with E-state index in [2.05, 4.69) is 15.9 Å². The van der Waals surface area contributed by atoms with Gasteiger partial charge in [-0.2, -0.15) is 0 Å². The number of halogens is 1. The van der Waals surface area contributed by atoms with Crippen LogP contribution in [0.4, 0.5) is 0 Å². The molecule has 2 bridgehead atoms. The second-order valence-electron chi connectivity index (χ2n) is 5.31. The third-order valence-electron chi connectivity index (χ3n) is 4.32. The molecular formula is C13H16BrNOS. The smallest absolute Gasteiger partial charge is 0.142 e. The van der Waals surface area contributed by atoms with E-state index in [4.69, 9.17) is 5.73 Å². The number of hydrogen-bond donors (Lipinski definition) is 1. The van der Waals surface area contributed by atoms with Gasteiger partial charge in [0.25, 0.3) is 0 Å². The largest absolute Gasteiger partial charge is 0.327 e. The maximum atomic E-state index is 12.3. The SMILES string of the molecule is NC1C2CCC(C2)C1C(=O)Cc1cc(Br)cs1. The summed E-state index contributed by atoms with van der Waals surface area (Å²) in [4.78, 5) is 13.5. The molecule has 4 heteroatoms. The summed E-state index contributed by atoms with van der Waals surface area (Å²) in [6, 6.07) is 2.17. The highest BCUT2D eigenvalue weighted by atomic mass is 79.9. The molecule has 1 aromatic heterocycles. The number of hydrogen-bond acceptors (Lipinski definition) is 3. The van der Waals surface area contributed by atoms with E-state index in [1.54, 1.807) is 11.3 Å². The molecule has 2 aliphatic rings. The molecule has 92 valence electrons. The van der Waals surface area contributed by atoms with Gasteiger partial charge in [-0.15, -0.1) is 11.3 Å². The fourth-order valence-electron chi connectivity index (χ4n) is 3.55. The second-order valence-corrected chi connectivity index (χ2v) is 7.22. The molecule has 0 radical (unpaired) electrons. The van der Waals surface area contributed by atoms with Crippen molar-refractivity contribution in [1.82, 2.24) is 0 Å². The number of thiophene rings is 1. The molecule has 1 aromatic rings. The average Bonchev–Trinajstić information content (AvgIpc) is 2.94. The minimum absolute atomic E-state index is 0.129. The van der Waals surface area contributed by atoms with Crippen molar-refractivity contribution >= 4 is 33.0 Å². The zero-order valence-corrected chi connectivity index (χ0v) is 12.0. The highest BCUT2D eigenvalue weighted by molar-refractivity contribution is 9.10. The monoisotopic (exact) mass is 313 g/mol. The fraction of sp³-hybridized carbons (Fsp3) is 0.615. The van der Waals surface area contributed by atoms with Gasteiger partial charge in [-0.05, 0) is 53.1 Å². The molecule has 2 nitrogen and oxygen atoms in total. The van der Waals surface area contributed by atoms with Crippen molar-refractivity contribution in [2.24, 2.45) is 23.5 Å². The number of ketones is 1. The maximum absolute atomic E-state index is 12.3. The van der Waals surface area contributed by atoms with Crippen molar-refractivity contribution in [3.63, 3.8) is 0 Å². The first-order valence-corrected chi connectivity index (χ1v) is 7.83. The molecule has 0 amide bonds. The predicted molar refractivity (Wildman–Crippen MR) is 73.0 cm³/mol. The van der Waals surface area contributed by atoms with E-state index in [1.807, 2.05) is 11.4 Å². The summed E-state index contributed by atoms with van der Waals surface area (Å²) in [5, 5.41) is 2.03. The van der Waals surface area contributed by atoms with Gasteiger partial charge in [-0.25, -0.2) is 0 Å². The molecule has 2 fully saturated rings. The molecule has 17 heavy (non-hydrogen) atoms. The second kappa shape index (κ2) is 4.48. The summed E-state index contributed by atoms with van der Waals surface area (Å²) < 4.78 is 1.07. The summed E-state index contributed by atoms with van der Waals surface area (Å²) in [7, 11) is 0. The highest BCUT2D eigenvalue weighted by Crippen LogP contribution is 2.48. The first kappa shape index (κ1) is 11.9. The number of Topliss-reactive ketones (excluding diaryl/α,β-unsaturated/α-hetero) is 1. The molecule has 1 heterocycles. The van der Waals surface area contributed by atoms with Gasteiger partial charge in [0.2, 0.25) is 0 Å². The molecule has 0 aromatic carbocycles. The van der Waals surface area contributed by atoms with Crippen molar-refractivity contribution in [3.05, 3.63) is 20.8 Å². The van der Waals surface area contributed by atoms with E-state index in [0.717, 1.165) is 9.35 Å². The number of rotatable bonds is 3. The van der Waals surface area contributed by atoms with Crippen molar-refractivity contribution in [3.8, 4) is 0 Å². The summed E-state index contributed by atoms with van der Waals surface area (Å²) in [6.45, 7) is 0. The Labute approximate surface area is 114 Å². The molecular weight excluding hydrogens is 298 g/mol. The first-order valence-electron chi connectivity index (χ1n) is 6.16. The number of carbonyl (C=O) groups is 1. The zero-order valence-electron chi connectivity index (χ0n) is 9.56. The van der Waals surface area contributed by atoms with E-state index in [9.17, 15) is 4.79 Å². The lowest BCUT2D eigenvalue weighted by Crippen LogP contribution is -2.40. The molecule has 4 unspecified atom stereocenters. The fourth-order valence-corrected chi connectivity index (χ4v) is 5.01. The van der Waals surface area contributed by atoms with Crippen molar-refractivity contribution < 1.29 is 4.79 Å². The number of fused-ring (bicyclic) bond motifs is 2. The van der Waals surface area contributed by atoms with Crippen LogP contribution < -0.4 is 5.73 Å². The standard InChI is InChI=1S/C13H16BrNOS/c14-9-4-10(17-6-9)5-11(16)12-7-1-2-8(3-7)13(12)15/h4,6-8,12-13H,1-3,5,15H2. The van der Waals surface area contributed by atoms with Crippen LogP contribution in [0.15, 0.2) is 15.9 Å². The normalized spacial score (nSPS) is 35.4. The molecule has 4 atom stereocenters. The van der Waals surface area contributed by atoms with Gasteiger partial charge in [0.05, 0.1) is 0 Å². The topological polar surface area (TPSA) is 43.1 Å². The molecule has 2 N–H and O–H groups in total. The van der Waals surface area contributed by atoms with Crippen LogP contribution in [0.25, 0.3) is 0 Å². The Morgan fingerprint density at radius 1 is 1.47 bits per heavy atom. The van der Waals surface area contributed by atoms with E-state index in [1.165, 1.54) is 19.3 Å². The van der Waals surface area contributed by atoms with Crippen molar-refractivity contribution in [1.29, 1.82) is 0 Å². The predicted octanol–water partition coefficient (Wildman–Crippen LogP) is 3.00. The van der Waals surface area contributed by atoms with Gasteiger partial charge >= 0.3 is 0 Å². The van der Waals surface area contributed by atoms with Crippen LogP contribution >= 0.6 is 27.3 Å². The third-order valence-corrected chi connectivity index (χ3v) is 6.02. The molecule has 2 aliphatic carbocycles. The van der Waals surface area contributed by atoms with E-state index in [0.29, 0.717) is 24.0 Å². The van der Waals surface area contributed by atoms with Crippen molar-refractivity contribution in [2.75, 3.05) is 0 Å². The lowest BCUT2D eigenvalue weighted by Gasteiger charge is -2.26. The molecule has 0 spiro atoms. The Hall–Kier alpha value is -0.190. The van der Waals surface area contributed by atoms with Crippen LogP contribution in [-0.4, -0.2) is 11.8 Å². The zero-order chi connectivity index (χ0) is 12.0. The summed E-state index contributed by atoms with van der Waals surface area (Å²) in [5.74, 6) is 1.68. The minimum atomic E-state index is 0.129. The highest BCUT2D eigenvalue weighted by Gasteiger charge is 2.48. The van der Waals surface area contributed by atoms with Crippen LogP contribution in [0.1, 0.15) is 24.1 Å². The van der Waals surface area contributed by atoms with Crippen LogP contribution in [0, 0.1) is 17.8 Å². The molecule has 0 saturated heterocycles. The Kier molecular flexibility index (Phi) is 3.13. The van der Waals surface area contributed by atoms with E-state index >= 15 is 0 Å². The third kappa shape index (κ3) is 2.11. The van der Waals surface area contributed by atoms with Gasteiger partial charge in [0.15, 0.2) is 0 Å². The summed E-state index contributed by atoms with van der Waals surface area (Å²) in [6.07, 6.45) is 4.20. The average molecular weight is 314 g/mol. The Morgan fingerprint density at radius 3 is 2.82 bits per heavy atom. The lowest BCUT2D eigenvalue weighted by atomic mass is 9.81. The van der Waals surface area contributed by atoms with Crippen molar-refractivity contribution in [2.45, 2.75) is 31.7 Å². The minimum Gasteiger partial charge on any atom is -0.327 e. The van der Waals surface area contributed by atoms with Crippen LogP contribution in [0.5, 0.6) is 0 Å². The van der Waals surface area contributed by atoms with Gasteiger partial charge in [0.1, 0.15) is 5.78 Å². The lowest BCUT2D eigenvalue weighted by molar-refractivity contribution is -0.124. The van der Waals surface area contributed by atoms with Gasteiger partial charge < -0.3 is 5.73 Å². The first-order chi connectivity index (χ1) is 8.15. The van der Waals surface area contributed by atoms with Crippen LogP contribution in [0.3, 0.4) is 0 Å². The Balaban J connectivity index is 1.70. The molecule has 2 saturated carbocycles. The summed E-state index contributed by atoms with van der Waals surface area (Å²) >= 11 is 5.07. The van der Waals surface area contributed by atoms with E-state index < -0.39 is 0 Å². The molecule has 0 aliphatic heterocycles. The Bertz CT molecular complexity index is 442. The van der Waals surface area contributed by atoms with Gasteiger partial charge in [-0.3, -0.25) is 4.79 Å². The Morgan fingerprint density at radius 2 is 2.24 bits per heavy atom. The van der Waals surface area contributed by atoms with Crippen LogP contribution in [0.2, 0.25) is 0 Å². The van der Waals surface area contributed by atoms with Crippen LogP contribution in [-0.2, 0) is 11.2 Å².